The molecule has 4 rings (SSSR count). The van der Waals surface area contributed by atoms with Crippen LogP contribution in [0.25, 0.3) is 0 Å². The quantitative estimate of drug-likeness (QED) is 0.605. The Morgan fingerprint density at radius 1 is 1.00 bits per heavy atom. The van der Waals surface area contributed by atoms with E-state index < -0.39 is 23.1 Å². The zero-order valence-electron chi connectivity index (χ0n) is 18.2. The molecular weight excluding hydrogens is 406 g/mol. The first-order chi connectivity index (χ1) is 15.4. The van der Waals surface area contributed by atoms with Crippen molar-refractivity contribution in [3.8, 4) is 0 Å². The number of hydrogen-bond acceptors (Lipinski definition) is 5. The van der Waals surface area contributed by atoms with E-state index in [1.54, 1.807) is 55.6 Å². The number of methoxy groups -OCH3 is 1. The number of para-hydroxylation sites is 1. The third kappa shape index (κ3) is 3.11. The first kappa shape index (κ1) is 21.7. The Balaban J connectivity index is 1.99. The molecule has 0 radical (unpaired) electrons. The van der Waals surface area contributed by atoms with E-state index in [1.165, 1.54) is 12.0 Å². The van der Waals surface area contributed by atoms with Gasteiger partial charge >= 0.3 is 5.97 Å². The van der Waals surface area contributed by atoms with E-state index in [4.69, 9.17) is 9.47 Å². The zero-order valence-corrected chi connectivity index (χ0v) is 18.2. The predicted molar refractivity (Wildman–Crippen MR) is 120 cm³/mol. The number of carbonyl (C=O) groups is 2. The Hall–Kier alpha value is -3.48. The molecule has 1 aliphatic heterocycles. The highest BCUT2D eigenvalue weighted by molar-refractivity contribution is 6.10. The molecule has 0 aliphatic carbocycles. The van der Waals surface area contributed by atoms with Crippen molar-refractivity contribution in [2.45, 2.75) is 24.7 Å². The second-order valence-corrected chi connectivity index (χ2v) is 7.90. The molecule has 1 amide bonds. The summed E-state index contributed by atoms with van der Waals surface area (Å²) in [4.78, 5) is 28.4. The second kappa shape index (κ2) is 8.22. The van der Waals surface area contributed by atoms with E-state index in [-0.39, 0.29) is 12.2 Å². The van der Waals surface area contributed by atoms with Gasteiger partial charge in [0.05, 0.1) is 19.4 Å². The number of rotatable bonds is 6. The largest absolute Gasteiger partial charge is 0.467 e. The van der Waals surface area contributed by atoms with Crippen LogP contribution in [-0.2, 0) is 36.9 Å². The molecule has 0 aromatic heterocycles. The van der Waals surface area contributed by atoms with Crippen molar-refractivity contribution in [2.75, 3.05) is 19.1 Å². The van der Waals surface area contributed by atoms with Crippen molar-refractivity contribution in [1.82, 2.24) is 0 Å². The summed E-state index contributed by atoms with van der Waals surface area (Å²) < 4.78 is 11.5. The van der Waals surface area contributed by atoms with Gasteiger partial charge in [0.15, 0.2) is 0 Å². The Labute approximate surface area is 187 Å². The maximum absolute atomic E-state index is 13.6. The number of carbonyl (C=O) groups excluding carboxylic acids is 2. The molecule has 0 bridgehead atoms. The summed E-state index contributed by atoms with van der Waals surface area (Å²) in [5.74, 6) is -1.53. The summed E-state index contributed by atoms with van der Waals surface area (Å²) in [5.41, 5.74) is -1.62. The van der Waals surface area contributed by atoms with Gasteiger partial charge in [0.25, 0.3) is 5.91 Å². The minimum atomic E-state index is -2.34. The van der Waals surface area contributed by atoms with Crippen molar-refractivity contribution in [1.29, 1.82) is 0 Å². The number of anilines is 1. The van der Waals surface area contributed by atoms with Crippen LogP contribution in [-0.4, -0.2) is 31.1 Å². The van der Waals surface area contributed by atoms with Crippen molar-refractivity contribution in [2.24, 2.45) is 0 Å². The van der Waals surface area contributed by atoms with Gasteiger partial charge in [0, 0.05) is 12.6 Å². The molecule has 0 saturated carbocycles. The van der Waals surface area contributed by atoms with Gasteiger partial charge in [-0.3, -0.25) is 4.79 Å². The molecule has 0 fully saturated rings. The maximum atomic E-state index is 13.6. The summed E-state index contributed by atoms with van der Waals surface area (Å²) in [6.45, 7) is 1.89. The molecule has 1 heterocycles. The molecule has 1 N–H and O–H groups in total. The van der Waals surface area contributed by atoms with Gasteiger partial charge in [-0.15, -0.1) is 0 Å². The van der Waals surface area contributed by atoms with Crippen LogP contribution in [0.3, 0.4) is 0 Å². The van der Waals surface area contributed by atoms with E-state index >= 15 is 0 Å². The van der Waals surface area contributed by atoms with Crippen molar-refractivity contribution >= 4 is 17.6 Å². The molecular formula is C26H25NO5. The SMILES string of the molecule is COC(=O)[C@](OCc1ccccc1)(c1ccc(C)cc1)[C@]1(O)C(=O)N(C)c2ccccc21. The average Bonchev–Trinajstić information content (AvgIpc) is 3.03. The van der Waals surface area contributed by atoms with Crippen LogP contribution in [0.15, 0.2) is 78.9 Å². The monoisotopic (exact) mass is 431 g/mol. The molecule has 3 aromatic carbocycles. The molecule has 1 aliphatic rings. The van der Waals surface area contributed by atoms with Gasteiger partial charge in [-0.2, -0.15) is 0 Å². The molecule has 164 valence electrons. The molecule has 0 saturated heterocycles. The van der Waals surface area contributed by atoms with E-state index in [0.29, 0.717) is 11.3 Å². The number of nitrogens with zero attached hydrogens (tertiary/aromatic N) is 1. The number of benzene rings is 3. The molecule has 6 heteroatoms. The molecule has 2 atom stereocenters. The van der Waals surface area contributed by atoms with Crippen molar-refractivity contribution in [3.63, 3.8) is 0 Å². The lowest BCUT2D eigenvalue weighted by molar-refractivity contribution is -0.220. The van der Waals surface area contributed by atoms with E-state index in [0.717, 1.165) is 11.1 Å². The number of ether oxygens (including phenoxy) is 2. The van der Waals surface area contributed by atoms with Crippen molar-refractivity contribution < 1.29 is 24.2 Å². The first-order valence-electron chi connectivity index (χ1n) is 10.3. The van der Waals surface area contributed by atoms with E-state index in [9.17, 15) is 14.7 Å². The number of fused-ring (bicyclic) bond motifs is 1. The number of likely N-dealkylation sites (N-methyl/N-ethyl adjacent to an activating group) is 1. The Kier molecular flexibility index (Phi) is 5.59. The van der Waals surface area contributed by atoms with Crippen LogP contribution in [0.2, 0.25) is 0 Å². The summed E-state index contributed by atoms with van der Waals surface area (Å²) in [7, 11) is 2.78. The molecule has 0 unspecified atom stereocenters. The molecule has 0 spiro atoms. The van der Waals surface area contributed by atoms with Crippen LogP contribution in [0, 0.1) is 6.92 Å². The Morgan fingerprint density at radius 2 is 1.62 bits per heavy atom. The Morgan fingerprint density at radius 3 is 2.28 bits per heavy atom. The molecule has 6 nitrogen and oxygen atoms in total. The lowest BCUT2D eigenvalue weighted by atomic mass is 9.73. The third-order valence-electron chi connectivity index (χ3n) is 6.01. The topological polar surface area (TPSA) is 76.1 Å². The van der Waals surface area contributed by atoms with Gasteiger partial charge in [-0.25, -0.2) is 4.79 Å². The van der Waals surface area contributed by atoms with Gasteiger partial charge in [-0.05, 0) is 24.1 Å². The molecule has 32 heavy (non-hydrogen) atoms. The second-order valence-electron chi connectivity index (χ2n) is 7.90. The van der Waals surface area contributed by atoms with Crippen LogP contribution >= 0.6 is 0 Å². The van der Waals surface area contributed by atoms with Gasteiger partial charge in [-0.1, -0.05) is 78.4 Å². The van der Waals surface area contributed by atoms with Crippen molar-refractivity contribution in [3.05, 3.63) is 101 Å². The summed E-state index contributed by atoms with van der Waals surface area (Å²) in [6, 6.07) is 23.1. The summed E-state index contributed by atoms with van der Waals surface area (Å²) in [5, 5.41) is 12.2. The summed E-state index contributed by atoms with van der Waals surface area (Å²) >= 11 is 0. The molecule has 3 aromatic rings. The smallest absolute Gasteiger partial charge is 0.346 e. The number of aryl methyl sites for hydroxylation is 1. The minimum Gasteiger partial charge on any atom is -0.467 e. The normalized spacial score (nSPS) is 19.4. The maximum Gasteiger partial charge on any atom is 0.346 e. The lowest BCUT2D eigenvalue weighted by Crippen LogP contribution is -2.61. The fourth-order valence-electron chi connectivity index (χ4n) is 4.30. The number of hydrogen-bond donors (Lipinski definition) is 1. The third-order valence-corrected chi connectivity index (χ3v) is 6.01. The summed E-state index contributed by atoms with van der Waals surface area (Å²) in [6.07, 6.45) is 0. The van der Waals surface area contributed by atoms with Crippen LogP contribution in [0.5, 0.6) is 0 Å². The highest BCUT2D eigenvalue weighted by atomic mass is 16.6. The van der Waals surface area contributed by atoms with Crippen LogP contribution < -0.4 is 4.90 Å². The highest BCUT2D eigenvalue weighted by Crippen LogP contribution is 2.52. The standard InChI is InChI=1S/C26H25NO5/c1-18-13-15-20(16-14-18)26(24(29)31-3,32-17-19-9-5-4-6-10-19)25(30)21-11-7-8-12-22(21)27(2)23(25)28/h4-16,30H,17H2,1-3H3/t25-,26-/m1/s1. The fraction of sp³-hybridized carbons (Fsp3) is 0.231. The first-order valence-corrected chi connectivity index (χ1v) is 10.3. The zero-order chi connectivity index (χ0) is 22.9. The Bertz CT molecular complexity index is 1140. The average molecular weight is 431 g/mol. The van der Waals surface area contributed by atoms with Gasteiger partial charge in [0.2, 0.25) is 11.2 Å². The predicted octanol–water partition coefficient (Wildman–Crippen LogP) is 3.44. The number of amides is 1. The fourth-order valence-corrected chi connectivity index (χ4v) is 4.30. The van der Waals surface area contributed by atoms with Gasteiger partial charge < -0.3 is 19.5 Å². The van der Waals surface area contributed by atoms with E-state index in [1.807, 2.05) is 37.3 Å². The number of aliphatic hydroxyl groups is 1. The van der Waals surface area contributed by atoms with Crippen LogP contribution in [0.4, 0.5) is 5.69 Å². The lowest BCUT2D eigenvalue weighted by Gasteiger charge is -2.41. The van der Waals surface area contributed by atoms with Crippen LogP contribution in [0.1, 0.15) is 22.3 Å². The van der Waals surface area contributed by atoms with E-state index in [2.05, 4.69) is 0 Å². The van der Waals surface area contributed by atoms with Gasteiger partial charge in [0.1, 0.15) is 0 Å². The minimum absolute atomic E-state index is 0.0225. The number of esters is 1. The highest BCUT2D eigenvalue weighted by Gasteiger charge is 2.68.